The summed E-state index contributed by atoms with van der Waals surface area (Å²) in [4.78, 5) is 27.5. The van der Waals surface area contributed by atoms with E-state index in [1.165, 1.54) is 24.5 Å². The maximum absolute atomic E-state index is 12.1. The number of thiazole rings is 1. The van der Waals surface area contributed by atoms with Crippen LogP contribution in [0.25, 0.3) is 6.08 Å². The molecule has 1 aromatic heterocycles. The number of esters is 1. The van der Waals surface area contributed by atoms with Crippen LogP contribution < -0.4 is 14.8 Å². The first-order valence-electron chi connectivity index (χ1n) is 7.97. The first-order chi connectivity index (χ1) is 13.0. The Balaban J connectivity index is 2.04. The Morgan fingerprint density at radius 2 is 2.11 bits per heavy atom. The highest BCUT2D eigenvalue weighted by Gasteiger charge is 2.11. The van der Waals surface area contributed by atoms with Gasteiger partial charge in [-0.1, -0.05) is 0 Å². The van der Waals surface area contributed by atoms with Crippen LogP contribution in [-0.2, 0) is 20.7 Å². The number of hydrogen-bond acceptors (Lipinski definition) is 7. The zero-order valence-corrected chi connectivity index (χ0v) is 17.5. The fourth-order valence-electron chi connectivity index (χ4n) is 2.11. The monoisotopic (exact) mass is 454 g/mol. The van der Waals surface area contributed by atoms with Crippen LogP contribution in [0.1, 0.15) is 18.2 Å². The number of carbonyl (C=O) groups excluding carboxylic acids is 2. The molecular weight excluding hydrogens is 436 g/mol. The van der Waals surface area contributed by atoms with Crippen LogP contribution in [0.4, 0.5) is 5.13 Å². The highest BCUT2D eigenvalue weighted by molar-refractivity contribution is 9.10. The predicted molar refractivity (Wildman–Crippen MR) is 107 cm³/mol. The predicted octanol–water partition coefficient (Wildman–Crippen LogP) is 3.68. The van der Waals surface area contributed by atoms with Gasteiger partial charge in [0.15, 0.2) is 16.6 Å². The summed E-state index contributed by atoms with van der Waals surface area (Å²) in [6.07, 6.45) is 3.11. The van der Waals surface area contributed by atoms with Crippen LogP contribution in [0.5, 0.6) is 11.5 Å². The third-order valence-electron chi connectivity index (χ3n) is 3.30. The van der Waals surface area contributed by atoms with Crippen molar-refractivity contribution in [1.82, 2.24) is 4.98 Å². The normalized spacial score (nSPS) is 10.7. The van der Waals surface area contributed by atoms with Gasteiger partial charge in [-0.3, -0.25) is 14.9 Å². The molecule has 2 aromatic rings. The number of hydrogen-bond donors (Lipinski definition) is 1. The van der Waals surface area contributed by atoms with Gasteiger partial charge in [-0.25, -0.2) is 4.98 Å². The van der Waals surface area contributed by atoms with Gasteiger partial charge in [0, 0.05) is 11.5 Å². The second-order valence-electron chi connectivity index (χ2n) is 5.19. The summed E-state index contributed by atoms with van der Waals surface area (Å²) in [7, 11) is 2.87. The Bertz CT molecular complexity index is 850. The molecule has 0 aliphatic heterocycles. The van der Waals surface area contributed by atoms with Gasteiger partial charge in [-0.2, -0.15) is 0 Å². The van der Waals surface area contributed by atoms with Crippen molar-refractivity contribution in [3.8, 4) is 11.5 Å². The first-order valence-corrected chi connectivity index (χ1v) is 9.64. The van der Waals surface area contributed by atoms with Crippen molar-refractivity contribution in [2.24, 2.45) is 0 Å². The molecule has 0 aliphatic rings. The molecule has 144 valence electrons. The minimum atomic E-state index is -0.381. The number of anilines is 1. The molecule has 9 heteroatoms. The van der Waals surface area contributed by atoms with Gasteiger partial charge >= 0.3 is 5.97 Å². The molecule has 1 aromatic carbocycles. The van der Waals surface area contributed by atoms with Gasteiger partial charge in [0.1, 0.15) is 0 Å². The number of halogens is 1. The summed E-state index contributed by atoms with van der Waals surface area (Å²) in [5.41, 5.74) is 1.31. The highest BCUT2D eigenvalue weighted by atomic mass is 79.9. The van der Waals surface area contributed by atoms with Crippen LogP contribution in [0.3, 0.4) is 0 Å². The molecule has 2 rings (SSSR count). The molecule has 1 heterocycles. The van der Waals surface area contributed by atoms with Crippen LogP contribution in [-0.4, -0.2) is 37.7 Å². The Hall–Kier alpha value is -2.39. The zero-order valence-electron chi connectivity index (χ0n) is 15.1. The summed E-state index contributed by atoms with van der Waals surface area (Å²) in [5, 5.41) is 4.77. The number of aromatic nitrogens is 1. The smallest absolute Gasteiger partial charge is 0.311 e. The van der Waals surface area contributed by atoms with Crippen LogP contribution in [0, 0.1) is 0 Å². The summed E-state index contributed by atoms with van der Waals surface area (Å²) < 4.78 is 16.2. The molecule has 0 fully saturated rings. The zero-order chi connectivity index (χ0) is 19.8. The molecule has 0 bridgehead atoms. The third kappa shape index (κ3) is 6.07. The largest absolute Gasteiger partial charge is 0.493 e. The maximum Gasteiger partial charge on any atom is 0.311 e. The number of benzene rings is 1. The maximum atomic E-state index is 12.1. The number of amides is 1. The van der Waals surface area contributed by atoms with Crippen molar-refractivity contribution in [3.05, 3.63) is 39.3 Å². The summed E-state index contributed by atoms with van der Waals surface area (Å²) >= 11 is 4.68. The number of ether oxygens (including phenoxy) is 3. The van der Waals surface area contributed by atoms with E-state index in [0.717, 1.165) is 10.0 Å². The van der Waals surface area contributed by atoms with Gasteiger partial charge in [-0.15, -0.1) is 11.3 Å². The third-order valence-corrected chi connectivity index (χ3v) is 4.70. The van der Waals surface area contributed by atoms with Crippen molar-refractivity contribution in [1.29, 1.82) is 0 Å². The van der Waals surface area contributed by atoms with Gasteiger partial charge in [0.05, 0.1) is 37.4 Å². The second kappa shape index (κ2) is 10.1. The summed E-state index contributed by atoms with van der Waals surface area (Å²) in [6, 6.07) is 3.60. The van der Waals surface area contributed by atoms with Crippen LogP contribution in [0.15, 0.2) is 28.1 Å². The molecule has 0 unspecified atom stereocenters. The Kier molecular flexibility index (Phi) is 7.81. The van der Waals surface area contributed by atoms with E-state index in [-0.39, 0.29) is 18.3 Å². The Morgan fingerprint density at radius 1 is 1.33 bits per heavy atom. The van der Waals surface area contributed by atoms with E-state index >= 15 is 0 Å². The van der Waals surface area contributed by atoms with Gasteiger partial charge in [-0.05, 0) is 46.6 Å². The molecule has 0 spiro atoms. The Labute approximate surface area is 169 Å². The molecule has 1 amide bonds. The van der Waals surface area contributed by atoms with Gasteiger partial charge < -0.3 is 14.2 Å². The molecule has 0 saturated heterocycles. The molecular formula is C18H19BrN2O5S. The molecule has 0 saturated carbocycles. The van der Waals surface area contributed by atoms with E-state index in [1.807, 2.05) is 13.0 Å². The van der Waals surface area contributed by atoms with Crippen molar-refractivity contribution < 1.29 is 23.8 Å². The SMILES string of the molecule is CCOc1c(Br)cc(/C=C/C(=O)Nc2nc(CC(=O)OC)cs2)cc1OC. The van der Waals surface area contributed by atoms with E-state index < -0.39 is 0 Å². The van der Waals surface area contributed by atoms with Crippen LogP contribution >= 0.6 is 27.3 Å². The van der Waals surface area contributed by atoms with E-state index in [2.05, 4.69) is 31.0 Å². The quantitative estimate of drug-likeness (QED) is 0.483. The molecule has 27 heavy (non-hydrogen) atoms. The van der Waals surface area contributed by atoms with Crippen LogP contribution in [0.2, 0.25) is 0 Å². The number of nitrogens with zero attached hydrogens (tertiary/aromatic N) is 1. The molecule has 0 radical (unpaired) electrons. The first kappa shape index (κ1) is 20.9. The fourth-order valence-corrected chi connectivity index (χ4v) is 3.39. The number of methoxy groups -OCH3 is 2. The summed E-state index contributed by atoms with van der Waals surface area (Å²) in [6.45, 7) is 2.40. The minimum Gasteiger partial charge on any atom is -0.493 e. The van der Waals surface area contributed by atoms with Crippen molar-refractivity contribution in [2.75, 3.05) is 26.1 Å². The average molecular weight is 455 g/mol. The van der Waals surface area contributed by atoms with Gasteiger partial charge in [0.25, 0.3) is 0 Å². The highest BCUT2D eigenvalue weighted by Crippen LogP contribution is 2.37. The lowest BCUT2D eigenvalue weighted by atomic mass is 10.2. The number of rotatable bonds is 8. The molecule has 1 N–H and O–H groups in total. The van der Waals surface area contributed by atoms with Crippen molar-refractivity contribution >= 4 is 50.4 Å². The molecule has 0 atom stereocenters. The lowest BCUT2D eigenvalue weighted by Crippen LogP contribution is -2.08. The number of nitrogens with one attached hydrogen (secondary N) is 1. The lowest BCUT2D eigenvalue weighted by molar-refractivity contribution is -0.139. The second-order valence-corrected chi connectivity index (χ2v) is 6.90. The van der Waals surface area contributed by atoms with E-state index in [1.54, 1.807) is 24.6 Å². The van der Waals surface area contributed by atoms with Crippen molar-refractivity contribution in [2.45, 2.75) is 13.3 Å². The lowest BCUT2D eigenvalue weighted by Gasteiger charge is -2.12. The van der Waals surface area contributed by atoms with E-state index in [4.69, 9.17) is 9.47 Å². The summed E-state index contributed by atoms with van der Waals surface area (Å²) in [5.74, 6) is 0.465. The minimum absolute atomic E-state index is 0.0682. The fraction of sp³-hybridized carbons (Fsp3) is 0.278. The van der Waals surface area contributed by atoms with E-state index in [0.29, 0.717) is 28.9 Å². The van der Waals surface area contributed by atoms with Gasteiger partial charge in [0.2, 0.25) is 5.91 Å². The molecule has 0 aliphatic carbocycles. The van der Waals surface area contributed by atoms with E-state index in [9.17, 15) is 9.59 Å². The van der Waals surface area contributed by atoms with Crippen molar-refractivity contribution in [3.63, 3.8) is 0 Å². The molecule has 7 nitrogen and oxygen atoms in total. The standard InChI is InChI=1S/C18H19BrN2O5S/c1-4-26-17-13(19)7-11(8-14(17)24-2)5-6-15(22)21-18-20-12(10-27-18)9-16(23)25-3/h5-8,10H,4,9H2,1-3H3,(H,20,21,22)/b6-5+. The number of carbonyl (C=O) groups is 2. The average Bonchev–Trinajstić information content (AvgIpc) is 3.08. The Morgan fingerprint density at radius 3 is 2.78 bits per heavy atom. The topological polar surface area (TPSA) is 86.8 Å².